The maximum atomic E-state index is 10.9. The van der Waals surface area contributed by atoms with Gasteiger partial charge in [-0.3, -0.25) is 0 Å². The molecular formula is C13H12N2O2. The van der Waals surface area contributed by atoms with Crippen LogP contribution >= 0.6 is 0 Å². The number of aromatic nitrogens is 2. The molecule has 0 amide bonds. The molecule has 1 aromatic heterocycles. The number of nitrogens with zero attached hydrogens (tertiary/aromatic N) is 2. The standard InChI is InChI=1S/C13H12N2O2/c1-8-5-3-4-6-10(8)11-7-12(13(16)17)15-9(2)14-11/h3-7H,1-2H3,(H,16,17). The summed E-state index contributed by atoms with van der Waals surface area (Å²) in [5.41, 5.74) is 2.66. The van der Waals surface area contributed by atoms with Crippen molar-refractivity contribution < 1.29 is 9.90 Å². The summed E-state index contributed by atoms with van der Waals surface area (Å²) >= 11 is 0. The molecule has 2 aromatic rings. The van der Waals surface area contributed by atoms with E-state index in [9.17, 15) is 4.79 Å². The maximum Gasteiger partial charge on any atom is 0.354 e. The van der Waals surface area contributed by atoms with Gasteiger partial charge in [0.2, 0.25) is 0 Å². The fourth-order valence-electron chi connectivity index (χ4n) is 1.68. The molecule has 0 aliphatic heterocycles. The quantitative estimate of drug-likeness (QED) is 0.857. The predicted octanol–water partition coefficient (Wildman–Crippen LogP) is 2.46. The maximum absolute atomic E-state index is 10.9. The van der Waals surface area contributed by atoms with Crippen molar-refractivity contribution in [3.8, 4) is 11.3 Å². The molecule has 1 N–H and O–H groups in total. The fraction of sp³-hybridized carbons (Fsp3) is 0.154. The third-order valence-electron chi connectivity index (χ3n) is 2.48. The lowest BCUT2D eigenvalue weighted by Crippen LogP contribution is -2.04. The topological polar surface area (TPSA) is 63.1 Å². The number of carboxylic acid groups (broad SMARTS) is 1. The Balaban J connectivity index is 2.60. The van der Waals surface area contributed by atoms with Gasteiger partial charge in [-0.2, -0.15) is 0 Å². The highest BCUT2D eigenvalue weighted by Crippen LogP contribution is 2.21. The van der Waals surface area contributed by atoms with Gasteiger partial charge in [-0.1, -0.05) is 24.3 Å². The summed E-state index contributed by atoms with van der Waals surface area (Å²) in [6, 6.07) is 9.22. The molecule has 0 aliphatic rings. The van der Waals surface area contributed by atoms with Gasteiger partial charge in [0.15, 0.2) is 5.69 Å². The highest BCUT2D eigenvalue weighted by molar-refractivity contribution is 5.86. The van der Waals surface area contributed by atoms with E-state index in [1.807, 2.05) is 31.2 Å². The van der Waals surface area contributed by atoms with E-state index < -0.39 is 5.97 Å². The van der Waals surface area contributed by atoms with Crippen LogP contribution in [0.25, 0.3) is 11.3 Å². The van der Waals surface area contributed by atoms with Crippen LogP contribution in [-0.4, -0.2) is 21.0 Å². The largest absolute Gasteiger partial charge is 0.477 e. The predicted molar refractivity (Wildman–Crippen MR) is 63.9 cm³/mol. The number of hydrogen-bond acceptors (Lipinski definition) is 3. The minimum absolute atomic E-state index is 0.0238. The number of hydrogen-bond donors (Lipinski definition) is 1. The second kappa shape index (κ2) is 4.33. The number of rotatable bonds is 2. The first-order chi connectivity index (χ1) is 8.08. The van der Waals surface area contributed by atoms with E-state index in [0.29, 0.717) is 11.5 Å². The average molecular weight is 228 g/mol. The minimum Gasteiger partial charge on any atom is -0.477 e. The molecule has 4 nitrogen and oxygen atoms in total. The van der Waals surface area contributed by atoms with E-state index in [1.54, 1.807) is 6.92 Å². The van der Waals surface area contributed by atoms with E-state index >= 15 is 0 Å². The molecule has 4 heteroatoms. The molecule has 86 valence electrons. The molecule has 0 bridgehead atoms. The van der Waals surface area contributed by atoms with Crippen LogP contribution < -0.4 is 0 Å². The van der Waals surface area contributed by atoms with Gasteiger partial charge in [0.05, 0.1) is 5.69 Å². The summed E-state index contributed by atoms with van der Waals surface area (Å²) in [6.07, 6.45) is 0. The first-order valence-corrected chi connectivity index (χ1v) is 5.23. The first-order valence-electron chi connectivity index (χ1n) is 5.23. The number of benzene rings is 1. The summed E-state index contributed by atoms with van der Waals surface area (Å²) in [5.74, 6) is -0.575. The third-order valence-corrected chi connectivity index (χ3v) is 2.48. The Kier molecular flexibility index (Phi) is 2.87. The van der Waals surface area contributed by atoms with Gasteiger partial charge in [0.25, 0.3) is 0 Å². The van der Waals surface area contributed by atoms with Crippen LogP contribution in [0.1, 0.15) is 21.9 Å². The molecule has 0 unspecified atom stereocenters. The van der Waals surface area contributed by atoms with E-state index in [4.69, 9.17) is 5.11 Å². The van der Waals surface area contributed by atoms with Crippen LogP contribution in [0.15, 0.2) is 30.3 Å². The molecule has 2 rings (SSSR count). The highest BCUT2D eigenvalue weighted by Gasteiger charge is 2.10. The van der Waals surface area contributed by atoms with Crippen molar-refractivity contribution in [3.05, 3.63) is 47.4 Å². The Morgan fingerprint density at radius 2 is 1.88 bits per heavy atom. The number of carboxylic acids is 1. The SMILES string of the molecule is Cc1nc(C(=O)O)cc(-c2ccccc2C)n1. The van der Waals surface area contributed by atoms with Gasteiger partial charge >= 0.3 is 5.97 Å². The van der Waals surface area contributed by atoms with Crippen molar-refractivity contribution in [2.45, 2.75) is 13.8 Å². The van der Waals surface area contributed by atoms with Crippen LogP contribution in [0.3, 0.4) is 0 Å². The van der Waals surface area contributed by atoms with E-state index in [2.05, 4.69) is 9.97 Å². The smallest absolute Gasteiger partial charge is 0.354 e. The van der Waals surface area contributed by atoms with Gasteiger partial charge in [-0.05, 0) is 25.5 Å². The lowest BCUT2D eigenvalue weighted by molar-refractivity contribution is 0.0690. The Bertz CT molecular complexity index is 579. The lowest BCUT2D eigenvalue weighted by Gasteiger charge is -2.06. The van der Waals surface area contributed by atoms with Crippen molar-refractivity contribution in [1.29, 1.82) is 0 Å². The zero-order chi connectivity index (χ0) is 12.4. The number of carbonyl (C=O) groups is 1. The van der Waals surface area contributed by atoms with Crippen LogP contribution in [-0.2, 0) is 0 Å². The van der Waals surface area contributed by atoms with Gasteiger partial charge in [-0.25, -0.2) is 14.8 Å². The second-order valence-electron chi connectivity index (χ2n) is 3.81. The summed E-state index contributed by atoms with van der Waals surface area (Å²) < 4.78 is 0. The normalized spacial score (nSPS) is 10.2. The molecule has 0 fully saturated rings. The summed E-state index contributed by atoms with van der Waals surface area (Å²) in [5, 5.41) is 8.96. The molecular weight excluding hydrogens is 216 g/mol. The molecule has 1 aromatic carbocycles. The fourth-order valence-corrected chi connectivity index (χ4v) is 1.68. The zero-order valence-corrected chi connectivity index (χ0v) is 9.64. The third kappa shape index (κ3) is 2.30. The van der Waals surface area contributed by atoms with Crippen molar-refractivity contribution in [2.75, 3.05) is 0 Å². The van der Waals surface area contributed by atoms with E-state index in [1.165, 1.54) is 6.07 Å². The minimum atomic E-state index is -1.04. The molecule has 0 aliphatic carbocycles. The Labute approximate surface area is 99.0 Å². The molecule has 0 radical (unpaired) electrons. The van der Waals surface area contributed by atoms with Crippen molar-refractivity contribution in [2.24, 2.45) is 0 Å². The van der Waals surface area contributed by atoms with E-state index in [0.717, 1.165) is 11.1 Å². The Morgan fingerprint density at radius 1 is 1.18 bits per heavy atom. The average Bonchev–Trinajstić information content (AvgIpc) is 2.28. The summed E-state index contributed by atoms with van der Waals surface area (Å²) in [7, 11) is 0. The van der Waals surface area contributed by atoms with Gasteiger partial charge in [0.1, 0.15) is 5.82 Å². The molecule has 0 saturated carbocycles. The van der Waals surface area contributed by atoms with Crippen LogP contribution in [0.2, 0.25) is 0 Å². The molecule has 0 atom stereocenters. The summed E-state index contributed by atoms with van der Waals surface area (Å²) in [6.45, 7) is 3.65. The highest BCUT2D eigenvalue weighted by atomic mass is 16.4. The van der Waals surface area contributed by atoms with Crippen molar-refractivity contribution >= 4 is 5.97 Å². The zero-order valence-electron chi connectivity index (χ0n) is 9.64. The Morgan fingerprint density at radius 3 is 2.53 bits per heavy atom. The molecule has 17 heavy (non-hydrogen) atoms. The second-order valence-corrected chi connectivity index (χ2v) is 3.81. The molecule has 1 heterocycles. The first kappa shape index (κ1) is 11.3. The van der Waals surface area contributed by atoms with Gasteiger partial charge in [0, 0.05) is 5.56 Å². The summed E-state index contributed by atoms with van der Waals surface area (Å²) in [4.78, 5) is 19.1. The lowest BCUT2D eigenvalue weighted by atomic mass is 10.1. The Hall–Kier alpha value is -2.23. The van der Waals surface area contributed by atoms with Crippen molar-refractivity contribution in [3.63, 3.8) is 0 Å². The monoisotopic (exact) mass is 228 g/mol. The van der Waals surface area contributed by atoms with Crippen molar-refractivity contribution in [1.82, 2.24) is 9.97 Å². The van der Waals surface area contributed by atoms with Crippen LogP contribution in [0.5, 0.6) is 0 Å². The number of aryl methyl sites for hydroxylation is 2. The number of aromatic carboxylic acids is 1. The van der Waals surface area contributed by atoms with Crippen LogP contribution in [0, 0.1) is 13.8 Å². The van der Waals surface area contributed by atoms with Gasteiger partial charge < -0.3 is 5.11 Å². The van der Waals surface area contributed by atoms with Crippen LogP contribution in [0.4, 0.5) is 0 Å². The van der Waals surface area contributed by atoms with Gasteiger partial charge in [-0.15, -0.1) is 0 Å². The van der Waals surface area contributed by atoms with E-state index in [-0.39, 0.29) is 5.69 Å². The molecule has 0 saturated heterocycles. The molecule has 0 spiro atoms.